The molecule has 0 bridgehead atoms. The molecule has 0 amide bonds. The molecule has 0 aliphatic heterocycles. The van der Waals surface area contributed by atoms with Crippen molar-refractivity contribution in [2.75, 3.05) is 0 Å². The second-order valence-corrected chi connectivity index (χ2v) is 7.12. The number of aromatic nitrogens is 6. The van der Waals surface area contributed by atoms with Gasteiger partial charge in [0.25, 0.3) is 0 Å². The summed E-state index contributed by atoms with van der Waals surface area (Å²) >= 11 is 1.89. The molecule has 0 radical (unpaired) electrons. The summed E-state index contributed by atoms with van der Waals surface area (Å²) in [5, 5.41) is 18.7. The fraction of sp³-hybridized carbons (Fsp3) is 0.467. The van der Waals surface area contributed by atoms with Gasteiger partial charge in [0.1, 0.15) is 16.5 Å². The monoisotopic (exact) mass is 312 g/mol. The second kappa shape index (κ2) is 4.25. The zero-order valence-corrected chi connectivity index (χ0v) is 13.4. The lowest BCUT2D eigenvalue weighted by molar-refractivity contribution is 0.713. The summed E-state index contributed by atoms with van der Waals surface area (Å²) in [7, 11) is 0. The molecule has 4 aromatic heterocycles. The molecule has 0 spiro atoms. The van der Waals surface area contributed by atoms with Crippen molar-refractivity contribution >= 4 is 33.0 Å². The predicted molar refractivity (Wildman–Crippen MR) is 85.6 cm³/mol. The lowest BCUT2D eigenvalue weighted by atomic mass is 10.1. The molecule has 4 aromatic rings. The smallest absolute Gasteiger partial charge is 0.243 e. The fourth-order valence-electron chi connectivity index (χ4n) is 3.61. The first-order valence-corrected chi connectivity index (χ1v) is 8.57. The Labute approximate surface area is 130 Å². The predicted octanol–water partition coefficient (Wildman–Crippen LogP) is 2.87. The maximum absolute atomic E-state index is 4.46. The van der Waals surface area contributed by atoms with E-state index in [0.717, 1.165) is 29.5 Å². The van der Waals surface area contributed by atoms with Crippen LogP contribution in [0.1, 0.15) is 41.4 Å². The number of rotatable bonds is 0. The lowest BCUT2D eigenvalue weighted by Crippen LogP contribution is -2.00. The highest BCUT2D eigenvalue weighted by Gasteiger charge is 2.23. The van der Waals surface area contributed by atoms with Gasteiger partial charge in [-0.2, -0.15) is 0 Å². The van der Waals surface area contributed by atoms with Gasteiger partial charge in [0.05, 0.1) is 5.39 Å². The van der Waals surface area contributed by atoms with Gasteiger partial charge in [0, 0.05) is 4.88 Å². The van der Waals surface area contributed by atoms with E-state index in [0.29, 0.717) is 0 Å². The van der Waals surface area contributed by atoms with Crippen molar-refractivity contribution in [3.8, 4) is 0 Å². The normalized spacial score (nSPS) is 15.7. The summed E-state index contributed by atoms with van der Waals surface area (Å²) in [4.78, 5) is 2.74. The number of hydrogen-bond donors (Lipinski definition) is 0. The zero-order chi connectivity index (χ0) is 14.8. The summed E-state index contributed by atoms with van der Waals surface area (Å²) in [6.07, 6.45) is 6.18. The lowest BCUT2D eigenvalue weighted by Gasteiger charge is -2.04. The first-order valence-electron chi connectivity index (χ1n) is 7.75. The van der Waals surface area contributed by atoms with Crippen molar-refractivity contribution in [1.82, 2.24) is 29.2 Å². The second-order valence-electron chi connectivity index (χ2n) is 6.03. The van der Waals surface area contributed by atoms with Crippen LogP contribution in [-0.2, 0) is 12.8 Å². The Kier molecular flexibility index (Phi) is 2.42. The van der Waals surface area contributed by atoms with E-state index in [1.165, 1.54) is 46.3 Å². The van der Waals surface area contributed by atoms with E-state index >= 15 is 0 Å². The molecular formula is C15H16N6S. The quantitative estimate of drug-likeness (QED) is 0.468. The van der Waals surface area contributed by atoms with Gasteiger partial charge >= 0.3 is 0 Å². The minimum Gasteiger partial charge on any atom is -0.255 e. The van der Waals surface area contributed by atoms with E-state index in [4.69, 9.17) is 0 Å². The van der Waals surface area contributed by atoms with Gasteiger partial charge in [0.2, 0.25) is 5.78 Å². The van der Waals surface area contributed by atoms with Crippen LogP contribution < -0.4 is 0 Å². The topological polar surface area (TPSA) is 60.4 Å². The molecule has 1 aliphatic carbocycles. The van der Waals surface area contributed by atoms with Gasteiger partial charge in [-0.05, 0) is 45.1 Å². The van der Waals surface area contributed by atoms with E-state index in [1.807, 2.05) is 29.6 Å². The molecule has 1 aliphatic rings. The van der Waals surface area contributed by atoms with Gasteiger partial charge < -0.3 is 0 Å². The van der Waals surface area contributed by atoms with Crippen LogP contribution in [0.5, 0.6) is 0 Å². The van der Waals surface area contributed by atoms with Crippen LogP contribution in [0.3, 0.4) is 0 Å². The third kappa shape index (κ3) is 1.44. The summed E-state index contributed by atoms with van der Waals surface area (Å²) < 4.78 is 4.21. The van der Waals surface area contributed by atoms with Crippen molar-refractivity contribution < 1.29 is 0 Å². The largest absolute Gasteiger partial charge is 0.255 e. The average Bonchev–Trinajstić information content (AvgIpc) is 3.11. The average molecular weight is 312 g/mol. The summed E-state index contributed by atoms with van der Waals surface area (Å²) in [5.41, 5.74) is 2.41. The Balaban J connectivity index is 2.08. The first-order chi connectivity index (χ1) is 10.8. The first kappa shape index (κ1) is 12.5. The highest BCUT2D eigenvalue weighted by atomic mass is 32.1. The molecular weight excluding hydrogens is 296 g/mol. The van der Waals surface area contributed by atoms with Gasteiger partial charge in [0.15, 0.2) is 5.65 Å². The highest BCUT2D eigenvalue weighted by molar-refractivity contribution is 7.19. The molecule has 0 N–H and O–H groups in total. The van der Waals surface area contributed by atoms with E-state index in [1.54, 1.807) is 0 Å². The van der Waals surface area contributed by atoms with E-state index in [9.17, 15) is 0 Å². The van der Waals surface area contributed by atoms with Crippen LogP contribution in [0.15, 0.2) is 0 Å². The fourth-order valence-corrected chi connectivity index (χ4v) is 5.04. The summed E-state index contributed by atoms with van der Waals surface area (Å²) in [6, 6.07) is 0. The molecule has 4 heterocycles. The van der Waals surface area contributed by atoms with Crippen molar-refractivity contribution in [2.45, 2.75) is 46.0 Å². The maximum atomic E-state index is 4.46. The Bertz CT molecular complexity index is 1040. The molecule has 0 atom stereocenters. The molecule has 0 aromatic carbocycles. The molecule has 0 saturated carbocycles. The standard InChI is InChI=1S/C15H16N6S/c1-8-16-18-13-12-10-6-4-3-5-7-11(10)22-14(12)21-9(2)17-19-15(21)20(8)13/h3-7H2,1-2H3. The third-order valence-corrected chi connectivity index (χ3v) is 5.94. The highest BCUT2D eigenvalue weighted by Crippen LogP contribution is 2.38. The van der Waals surface area contributed by atoms with Crippen molar-refractivity contribution in [3.05, 3.63) is 22.1 Å². The van der Waals surface area contributed by atoms with Gasteiger partial charge in [-0.3, -0.25) is 4.40 Å². The molecule has 0 saturated heterocycles. The molecule has 0 unspecified atom stereocenters. The number of nitrogens with zero attached hydrogens (tertiary/aromatic N) is 6. The number of aryl methyl sites for hydroxylation is 4. The molecule has 22 heavy (non-hydrogen) atoms. The molecule has 0 fully saturated rings. The SMILES string of the molecule is Cc1nnc2c3c4c(sc3n3c(C)nnc3n12)CCCCC4. The maximum Gasteiger partial charge on any atom is 0.243 e. The van der Waals surface area contributed by atoms with Gasteiger partial charge in [-0.1, -0.05) is 6.42 Å². The van der Waals surface area contributed by atoms with Crippen LogP contribution in [0.2, 0.25) is 0 Å². The van der Waals surface area contributed by atoms with Crippen LogP contribution in [0, 0.1) is 13.8 Å². The zero-order valence-electron chi connectivity index (χ0n) is 12.6. The molecule has 5 rings (SSSR count). The van der Waals surface area contributed by atoms with Crippen molar-refractivity contribution in [1.29, 1.82) is 0 Å². The third-order valence-electron chi connectivity index (χ3n) is 4.66. The molecule has 112 valence electrons. The van der Waals surface area contributed by atoms with E-state index in [-0.39, 0.29) is 0 Å². The number of hydrogen-bond acceptors (Lipinski definition) is 5. The Hall–Kier alpha value is -2.02. The molecule has 6 nitrogen and oxygen atoms in total. The number of thiophene rings is 1. The van der Waals surface area contributed by atoms with Crippen molar-refractivity contribution in [2.24, 2.45) is 0 Å². The van der Waals surface area contributed by atoms with Gasteiger partial charge in [-0.25, -0.2) is 4.40 Å². The van der Waals surface area contributed by atoms with Crippen LogP contribution >= 0.6 is 11.3 Å². The Morgan fingerprint density at radius 2 is 1.64 bits per heavy atom. The Morgan fingerprint density at radius 3 is 2.55 bits per heavy atom. The summed E-state index contributed by atoms with van der Waals surface area (Å²) in [6.45, 7) is 3.98. The van der Waals surface area contributed by atoms with E-state index < -0.39 is 0 Å². The van der Waals surface area contributed by atoms with Crippen LogP contribution in [0.25, 0.3) is 21.6 Å². The number of fused-ring (bicyclic) bond motifs is 8. The minimum atomic E-state index is 0.818. The minimum absolute atomic E-state index is 0.818. The Morgan fingerprint density at radius 1 is 0.864 bits per heavy atom. The van der Waals surface area contributed by atoms with Crippen LogP contribution in [-0.4, -0.2) is 29.2 Å². The molecule has 7 heteroatoms. The van der Waals surface area contributed by atoms with E-state index in [2.05, 4.69) is 24.8 Å². The summed E-state index contributed by atoms with van der Waals surface area (Å²) in [5.74, 6) is 2.60. The van der Waals surface area contributed by atoms with Gasteiger partial charge in [-0.15, -0.1) is 31.7 Å². The van der Waals surface area contributed by atoms with Crippen LogP contribution in [0.4, 0.5) is 0 Å². The van der Waals surface area contributed by atoms with Crippen molar-refractivity contribution in [3.63, 3.8) is 0 Å².